The van der Waals surface area contributed by atoms with Crippen molar-refractivity contribution in [2.75, 3.05) is 6.61 Å². The minimum Gasteiger partial charge on any atom is -0.503 e. The molecule has 2 heterocycles. The van der Waals surface area contributed by atoms with Crippen molar-refractivity contribution in [3.05, 3.63) is 58.1 Å². The molecule has 0 unspecified atom stereocenters. The molecule has 0 fully saturated rings. The highest BCUT2D eigenvalue weighted by molar-refractivity contribution is 7.20. The molecule has 2 aromatic heterocycles. The average molecular weight is 505 g/mol. The Hall–Kier alpha value is -3.07. The summed E-state index contributed by atoms with van der Waals surface area (Å²) in [6.07, 6.45) is -0.358. The number of ketones is 1. The van der Waals surface area contributed by atoms with Gasteiger partial charge in [0, 0.05) is 16.5 Å². The van der Waals surface area contributed by atoms with Crippen molar-refractivity contribution in [3.63, 3.8) is 0 Å². The molecule has 0 atom stereocenters. The van der Waals surface area contributed by atoms with E-state index < -0.39 is 23.4 Å². The van der Waals surface area contributed by atoms with Crippen LogP contribution in [0.1, 0.15) is 30.1 Å². The van der Waals surface area contributed by atoms with Crippen molar-refractivity contribution in [2.45, 2.75) is 19.8 Å². The van der Waals surface area contributed by atoms with Crippen molar-refractivity contribution in [3.8, 4) is 28.0 Å². The van der Waals surface area contributed by atoms with Crippen LogP contribution in [-0.2, 0) is 9.53 Å². The predicted octanol–water partition coefficient (Wildman–Crippen LogP) is 6.00. The van der Waals surface area contributed by atoms with Gasteiger partial charge in [0.15, 0.2) is 16.7 Å². The fourth-order valence-electron chi connectivity index (χ4n) is 3.43. The number of thiazole rings is 1. The summed E-state index contributed by atoms with van der Waals surface area (Å²) < 4.78 is 6.97. The molecule has 0 aliphatic carbocycles. The van der Waals surface area contributed by atoms with Crippen LogP contribution >= 0.6 is 34.5 Å². The molecule has 0 saturated carbocycles. The molecule has 0 aliphatic heterocycles. The van der Waals surface area contributed by atoms with Gasteiger partial charge in [-0.1, -0.05) is 46.7 Å². The van der Waals surface area contributed by atoms with E-state index in [1.807, 2.05) is 0 Å². The number of aromatic hydroxyl groups is 2. The van der Waals surface area contributed by atoms with Crippen molar-refractivity contribution in [2.24, 2.45) is 0 Å². The molecule has 2 aromatic carbocycles. The Balaban J connectivity index is 1.88. The maximum Gasteiger partial charge on any atom is 0.306 e. The van der Waals surface area contributed by atoms with Crippen LogP contribution in [0.25, 0.3) is 26.6 Å². The Morgan fingerprint density at radius 2 is 1.76 bits per heavy atom. The number of halogens is 2. The van der Waals surface area contributed by atoms with E-state index in [1.165, 1.54) is 15.9 Å². The Bertz CT molecular complexity index is 1360. The number of aromatic nitrogens is 2. The van der Waals surface area contributed by atoms with Crippen LogP contribution in [0.3, 0.4) is 0 Å². The molecular weight excluding hydrogens is 487 g/mol. The zero-order valence-corrected chi connectivity index (χ0v) is 19.7. The first-order valence-electron chi connectivity index (χ1n) is 9.98. The summed E-state index contributed by atoms with van der Waals surface area (Å²) in [5, 5.41) is 22.9. The fraction of sp³-hybridized carbons (Fsp3) is 0.174. The average Bonchev–Trinajstić information content (AvgIpc) is 3.31. The van der Waals surface area contributed by atoms with Crippen LogP contribution in [0.4, 0.5) is 0 Å². The maximum absolute atomic E-state index is 13.1. The van der Waals surface area contributed by atoms with Crippen LogP contribution in [0.5, 0.6) is 11.6 Å². The fourth-order valence-corrected chi connectivity index (χ4v) is 4.81. The van der Waals surface area contributed by atoms with Gasteiger partial charge in [-0.2, -0.15) is 0 Å². The molecule has 0 radical (unpaired) electrons. The second-order valence-corrected chi connectivity index (χ2v) is 8.96. The van der Waals surface area contributed by atoms with Crippen molar-refractivity contribution in [1.29, 1.82) is 0 Å². The van der Waals surface area contributed by atoms with Crippen molar-refractivity contribution in [1.82, 2.24) is 9.55 Å². The van der Waals surface area contributed by atoms with E-state index in [0.717, 1.165) is 4.70 Å². The molecule has 10 heteroatoms. The Morgan fingerprint density at radius 1 is 1.06 bits per heavy atom. The molecule has 7 nitrogen and oxygen atoms in total. The minimum atomic E-state index is -0.592. The monoisotopic (exact) mass is 504 g/mol. The number of carbonyl (C=O) groups excluding carboxylic acids is 2. The molecule has 0 spiro atoms. The lowest BCUT2D eigenvalue weighted by molar-refractivity contribution is -0.143. The summed E-state index contributed by atoms with van der Waals surface area (Å²) in [5.74, 6) is -2.18. The predicted molar refractivity (Wildman–Crippen MR) is 128 cm³/mol. The highest BCUT2D eigenvalue weighted by Crippen LogP contribution is 2.45. The summed E-state index contributed by atoms with van der Waals surface area (Å²) in [6.45, 7) is 1.88. The Kier molecular flexibility index (Phi) is 6.60. The summed E-state index contributed by atoms with van der Waals surface area (Å²) in [7, 11) is 0. The van der Waals surface area contributed by atoms with Gasteiger partial charge in [0.05, 0.1) is 34.5 Å². The zero-order chi connectivity index (χ0) is 23.7. The largest absolute Gasteiger partial charge is 0.503 e. The first-order valence-corrected chi connectivity index (χ1v) is 11.5. The zero-order valence-electron chi connectivity index (χ0n) is 17.3. The van der Waals surface area contributed by atoms with Crippen molar-refractivity contribution < 1.29 is 24.5 Å². The lowest BCUT2D eigenvalue weighted by Crippen LogP contribution is -2.09. The van der Waals surface area contributed by atoms with E-state index in [4.69, 9.17) is 27.9 Å². The summed E-state index contributed by atoms with van der Waals surface area (Å²) >= 11 is 13.4. The maximum atomic E-state index is 13.1. The van der Waals surface area contributed by atoms with E-state index >= 15 is 0 Å². The summed E-state index contributed by atoms with van der Waals surface area (Å²) in [5.41, 5.74) is 1.29. The molecule has 0 saturated heterocycles. The second kappa shape index (κ2) is 9.43. The van der Waals surface area contributed by atoms with Gasteiger partial charge in [0.1, 0.15) is 0 Å². The number of fused-ring (bicyclic) bond motifs is 1. The molecule has 0 aliphatic rings. The second-order valence-electron chi connectivity index (χ2n) is 7.07. The number of rotatable bonds is 7. The third kappa shape index (κ3) is 4.55. The summed E-state index contributed by atoms with van der Waals surface area (Å²) in [4.78, 5) is 29.4. The molecule has 170 valence electrons. The van der Waals surface area contributed by atoms with Crippen LogP contribution in [0.15, 0.2) is 42.5 Å². The molecular formula is C23H18Cl2N2O5S. The van der Waals surface area contributed by atoms with Crippen LogP contribution < -0.4 is 0 Å². The topological polar surface area (TPSA) is 102 Å². The quantitative estimate of drug-likeness (QED) is 0.236. The molecule has 0 amide bonds. The van der Waals surface area contributed by atoms with Crippen LogP contribution in [0.2, 0.25) is 10.0 Å². The number of carbonyl (C=O) groups is 2. The van der Waals surface area contributed by atoms with E-state index in [2.05, 4.69) is 4.98 Å². The van der Waals surface area contributed by atoms with Crippen LogP contribution in [-0.4, -0.2) is 38.1 Å². The van der Waals surface area contributed by atoms with E-state index in [0.29, 0.717) is 26.3 Å². The molecule has 2 N–H and O–H groups in total. The first-order chi connectivity index (χ1) is 15.8. The molecule has 0 bridgehead atoms. The highest BCUT2D eigenvalue weighted by atomic mass is 35.5. The SMILES string of the molecule is CCOC(=O)CCC(=O)c1c(O)c(O)n(-c2nc3ccc(Cl)cc3s2)c1-c1ccc(Cl)cc1. The number of Topliss-reactive ketones (excluding diaryl/α,β-unsaturated/α-hetero) is 1. The number of hydrogen-bond acceptors (Lipinski definition) is 7. The van der Waals surface area contributed by atoms with Crippen LogP contribution in [0, 0.1) is 0 Å². The van der Waals surface area contributed by atoms with E-state index in [1.54, 1.807) is 49.4 Å². The van der Waals surface area contributed by atoms with E-state index in [-0.39, 0.29) is 30.7 Å². The van der Waals surface area contributed by atoms with Gasteiger partial charge in [-0.15, -0.1) is 0 Å². The number of benzene rings is 2. The Labute approximate surface area is 202 Å². The van der Waals surface area contributed by atoms with Crippen molar-refractivity contribution >= 4 is 56.5 Å². The minimum absolute atomic E-state index is 0.114. The Morgan fingerprint density at radius 3 is 2.45 bits per heavy atom. The molecule has 33 heavy (non-hydrogen) atoms. The standard InChI is InChI=1S/C23H18Cl2N2O5S/c1-2-32-18(29)10-9-16(28)19-20(12-3-5-13(24)6-4-12)27(22(31)21(19)30)23-26-15-8-7-14(25)11-17(15)33-23/h3-8,11,30-31H,2,9-10H2,1H3. The number of esters is 1. The van der Waals surface area contributed by atoms with Gasteiger partial charge in [-0.25, -0.2) is 4.98 Å². The molecule has 4 aromatic rings. The number of ether oxygens (including phenoxy) is 1. The third-order valence-corrected chi connectivity index (χ3v) is 6.40. The van der Waals surface area contributed by atoms with Gasteiger partial charge in [0.2, 0.25) is 5.88 Å². The lowest BCUT2D eigenvalue weighted by atomic mass is 10.0. The van der Waals surface area contributed by atoms with Gasteiger partial charge in [-0.3, -0.25) is 14.2 Å². The van der Waals surface area contributed by atoms with E-state index in [9.17, 15) is 19.8 Å². The molecule has 4 rings (SSSR count). The van der Waals surface area contributed by atoms with Gasteiger partial charge in [0.25, 0.3) is 0 Å². The first kappa shape index (κ1) is 23.1. The number of hydrogen-bond donors (Lipinski definition) is 2. The normalized spacial score (nSPS) is 11.1. The highest BCUT2D eigenvalue weighted by Gasteiger charge is 2.30. The smallest absolute Gasteiger partial charge is 0.306 e. The lowest BCUT2D eigenvalue weighted by Gasteiger charge is -2.09. The van der Waals surface area contributed by atoms with Gasteiger partial charge >= 0.3 is 5.97 Å². The van der Waals surface area contributed by atoms with Gasteiger partial charge in [-0.05, 0) is 42.8 Å². The number of nitrogens with zero attached hydrogens (tertiary/aromatic N) is 2. The third-order valence-electron chi connectivity index (χ3n) is 4.91. The summed E-state index contributed by atoms with van der Waals surface area (Å²) in [6, 6.07) is 11.8. The van der Waals surface area contributed by atoms with Gasteiger partial charge < -0.3 is 14.9 Å².